The number of hydrazine groups is 1. The summed E-state index contributed by atoms with van der Waals surface area (Å²) < 4.78 is 1.94. The minimum Gasteiger partial charge on any atom is -0.273 e. The van der Waals surface area contributed by atoms with Crippen molar-refractivity contribution in [2.75, 3.05) is 5.75 Å². The van der Waals surface area contributed by atoms with Gasteiger partial charge in [-0.1, -0.05) is 43.0 Å². The first-order valence-electron chi connectivity index (χ1n) is 8.74. The second-order valence-electron chi connectivity index (χ2n) is 6.13. The summed E-state index contributed by atoms with van der Waals surface area (Å²) in [7, 11) is 2.76. The summed E-state index contributed by atoms with van der Waals surface area (Å²) >= 11 is 0.890. The number of nitrogens with zero attached hydrogens (tertiary/aromatic N) is 3. The number of benzene rings is 1. The number of aryl methyl sites for hydroxylation is 3. The van der Waals surface area contributed by atoms with Gasteiger partial charge in [0.1, 0.15) is 0 Å². The van der Waals surface area contributed by atoms with E-state index in [9.17, 15) is 19.2 Å². The largest absolute Gasteiger partial charge is 0.346 e. The third kappa shape index (κ3) is 5.81. The van der Waals surface area contributed by atoms with Gasteiger partial charge in [-0.25, -0.2) is 9.48 Å². The van der Waals surface area contributed by atoms with Crippen molar-refractivity contribution in [1.82, 2.24) is 25.2 Å². The summed E-state index contributed by atoms with van der Waals surface area (Å²) in [5.41, 5.74) is 5.82. The van der Waals surface area contributed by atoms with E-state index in [1.807, 2.05) is 24.3 Å². The molecule has 0 saturated carbocycles. The normalized spacial score (nSPS) is 10.5. The van der Waals surface area contributed by atoms with Crippen molar-refractivity contribution < 1.29 is 9.59 Å². The number of thioether (sulfide) groups is 1. The van der Waals surface area contributed by atoms with Crippen molar-refractivity contribution in [3.8, 4) is 0 Å². The monoisotopic (exact) mass is 405 g/mol. The highest BCUT2D eigenvalue weighted by molar-refractivity contribution is 7.99. The van der Waals surface area contributed by atoms with Crippen LogP contribution in [0.25, 0.3) is 0 Å². The van der Waals surface area contributed by atoms with Gasteiger partial charge in [0.15, 0.2) is 5.03 Å². The number of rotatable bonds is 7. The SMILES string of the molecule is CCc1ccc(CCC(=O)NNC(=O)CSc2nn(C)c(=O)n(C)c2=O)cc1. The molecule has 2 amide bonds. The molecule has 1 aromatic carbocycles. The number of hydrogen-bond acceptors (Lipinski definition) is 6. The minimum absolute atomic E-state index is 0.0293. The molecule has 0 spiro atoms. The standard InChI is InChI=1S/C18H23N5O4S/c1-4-12-5-7-13(8-6-12)9-10-14(24)19-20-15(25)11-28-16-17(26)22(2)18(27)23(3)21-16/h5-8H,4,9-11H2,1-3H3,(H,19,24)(H,20,25). The average molecular weight is 405 g/mol. The molecular weight excluding hydrogens is 382 g/mol. The van der Waals surface area contributed by atoms with Gasteiger partial charge < -0.3 is 0 Å². The highest BCUT2D eigenvalue weighted by Gasteiger charge is 2.12. The van der Waals surface area contributed by atoms with Gasteiger partial charge in [0.25, 0.3) is 5.56 Å². The maximum absolute atomic E-state index is 11.9. The van der Waals surface area contributed by atoms with Crippen LogP contribution in [0.15, 0.2) is 38.9 Å². The molecule has 0 aliphatic carbocycles. The van der Waals surface area contributed by atoms with E-state index in [1.165, 1.54) is 19.7 Å². The third-order valence-electron chi connectivity index (χ3n) is 4.05. The van der Waals surface area contributed by atoms with E-state index in [1.54, 1.807) is 0 Å². The Morgan fingerprint density at radius 2 is 1.64 bits per heavy atom. The number of carbonyl (C=O) groups excluding carboxylic acids is 2. The molecule has 2 N–H and O–H groups in total. The van der Waals surface area contributed by atoms with E-state index in [0.717, 1.165) is 33.0 Å². The molecule has 0 unspecified atom stereocenters. The molecule has 2 rings (SSSR count). The lowest BCUT2D eigenvalue weighted by Crippen LogP contribution is -2.43. The second kappa shape index (κ2) is 9.88. The molecule has 0 aliphatic rings. The van der Waals surface area contributed by atoms with Gasteiger partial charge in [-0.05, 0) is 24.0 Å². The smallest absolute Gasteiger partial charge is 0.273 e. The number of aromatic nitrogens is 3. The minimum atomic E-state index is -0.570. The Morgan fingerprint density at radius 1 is 1.04 bits per heavy atom. The van der Waals surface area contributed by atoms with Crippen molar-refractivity contribution in [3.63, 3.8) is 0 Å². The number of hydrogen-bond donors (Lipinski definition) is 2. The van der Waals surface area contributed by atoms with E-state index in [4.69, 9.17) is 0 Å². The van der Waals surface area contributed by atoms with Crippen LogP contribution in [0, 0.1) is 0 Å². The van der Waals surface area contributed by atoms with E-state index >= 15 is 0 Å². The molecule has 10 heteroatoms. The summed E-state index contributed by atoms with van der Waals surface area (Å²) in [5.74, 6) is -0.920. The predicted octanol–water partition coefficient (Wildman–Crippen LogP) is -0.0863. The first-order valence-corrected chi connectivity index (χ1v) is 9.73. The summed E-state index contributed by atoms with van der Waals surface area (Å²) in [4.78, 5) is 47.3. The maximum Gasteiger partial charge on any atom is 0.346 e. The number of amides is 2. The van der Waals surface area contributed by atoms with Crippen LogP contribution < -0.4 is 22.1 Å². The van der Waals surface area contributed by atoms with E-state index in [0.29, 0.717) is 6.42 Å². The lowest BCUT2D eigenvalue weighted by molar-refractivity contribution is -0.127. The van der Waals surface area contributed by atoms with Gasteiger partial charge in [0.2, 0.25) is 11.8 Å². The van der Waals surface area contributed by atoms with E-state index in [-0.39, 0.29) is 23.1 Å². The molecule has 2 aromatic rings. The zero-order chi connectivity index (χ0) is 20.7. The van der Waals surface area contributed by atoms with Gasteiger partial charge in [-0.15, -0.1) is 0 Å². The first kappa shape index (κ1) is 21.4. The molecule has 28 heavy (non-hydrogen) atoms. The van der Waals surface area contributed by atoms with Crippen LogP contribution in [0.3, 0.4) is 0 Å². The molecule has 1 aromatic heterocycles. The highest BCUT2D eigenvalue weighted by Crippen LogP contribution is 2.08. The lowest BCUT2D eigenvalue weighted by atomic mass is 10.1. The lowest BCUT2D eigenvalue weighted by Gasteiger charge is -2.08. The molecule has 0 aliphatic heterocycles. The maximum atomic E-state index is 11.9. The summed E-state index contributed by atoms with van der Waals surface area (Å²) in [6.45, 7) is 2.08. The molecule has 9 nitrogen and oxygen atoms in total. The summed E-state index contributed by atoms with van der Waals surface area (Å²) in [6.07, 6.45) is 1.77. The van der Waals surface area contributed by atoms with E-state index < -0.39 is 17.2 Å². The molecule has 1 heterocycles. The van der Waals surface area contributed by atoms with Crippen LogP contribution in [-0.4, -0.2) is 31.9 Å². The molecule has 0 radical (unpaired) electrons. The molecule has 0 fully saturated rings. The van der Waals surface area contributed by atoms with Crippen LogP contribution >= 0.6 is 11.8 Å². The van der Waals surface area contributed by atoms with Gasteiger partial charge >= 0.3 is 5.69 Å². The van der Waals surface area contributed by atoms with Crippen molar-refractivity contribution in [2.24, 2.45) is 14.1 Å². The topological polar surface area (TPSA) is 115 Å². The van der Waals surface area contributed by atoms with Crippen LogP contribution in [-0.2, 0) is 36.5 Å². The average Bonchev–Trinajstić information content (AvgIpc) is 2.71. The van der Waals surface area contributed by atoms with Crippen molar-refractivity contribution in [3.05, 3.63) is 56.2 Å². The van der Waals surface area contributed by atoms with E-state index in [2.05, 4.69) is 22.9 Å². The second-order valence-corrected chi connectivity index (χ2v) is 7.09. The van der Waals surface area contributed by atoms with Gasteiger partial charge in [-0.3, -0.25) is 29.8 Å². The third-order valence-corrected chi connectivity index (χ3v) is 4.98. The van der Waals surface area contributed by atoms with Crippen LogP contribution in [0.1, 0.15) is 24.5 Å². The highest BCUT2D eigenvalue weighted by atomic mass is 32.2. The van der Waals surface area contributed by atoms with Crippen LogP contribution in [0.4, 0.5) is 0 Å². The molecule has 150 valence electrons. The molecule has 0 bridgehead atoms. The van der Waals surface area contributed by atoms with Crippen LogP contribution in [0.2, 0.25) is 0 Å². The zero-order valence-electron chi connectivity index (χ0n) is 16.0. The summed E-state index contributed by atoms with van der Waals surface area (Å²) in [5, 5.41) is 3.87. The molecule has 0 atom stereocenters. The Morgan fingerprint density at radius 3 is 2.29 bits per heavy atom. The van der Waals surface area contributed by atoms with Gasteiger partial charge in [0.05, 0.1) is 5.75 Å². The Kier molecular flexibility index (Phi) is 7.56. The Hall–Kier alpha value is -2.88. The Labute approximate surface area is 166 Å². The number of nitrogens with one attached hydrogen (secondary N) is 2. The Bertz CT molecular complexity index is 965. The van der Waals surface area contributed by atoms with Crippen LogP contribution in [0.5, 0.6) is 0 Å². The Balaban J connectivity index is 1.77. The predicted molar refractivity (Wildman–Crippen MR) is 106 cm³/mol. The first-order chi connectivity index (χ1) is 13.3. The fraction of sp³-hybridized carbons (Fsp3) is 0.389. The molecule has 0 saturated heterocycles. The number of carbonyl (C=O) groups is 2. The molecular formula is C18H23N5O4S. The van der Waals surface area contributed by atoms with Gasteiger partial charge in [0, 0.05) is 20.5 Å². The van der Waals surface area contributed by atoms with Crippen molar-refractivity contribution in [1.29, 1.82) is 0 Å². The van der Waals surface area contributed by atoms with Crippen molar-refractivity contribution in [2.45, 2.75) is 31.2 Å². The fourth-order valence-electron chi connectivity index (χ4n) is 2.33. The summed E-state index contributed by atoms with van der Waals surface area (Å²) in [6, 6.07) is 8.04. The van der Waals surface area contributed by atoms with Gasteiger partial charge in [-0.2, -0.15) is 5.10 Å². The zero-order valence-corrected chi connectivity index (χ0v) is 16.8. The van der Waals surface area contributed by atoms with Crippen molar-refractivity contribution >= 4 is 23.6 Å². The quantitative estimate of drug-likeness (QED) is 0.492. The fourth-order valence-corrected chi connectivity index (χ4v) is 3.11.